The average Bonchev–Trinajstić information content (AvgIpc) is 2.87. The highest BCUT2D eigenvalue weighted by Crippen LogP contribution is 2.31. The van der Waals surface area contributed by atoms with Crippen LogP contribution in [0.1, 0.15) is 5.56 Å². The Labute approximate surface area is 141 Å². The number of hydrogen-bond donors (Lipinski definition) is 0. The van der Waals surface area contributed by atoms with Crippen LogP contribution in [-0.4, -0.2) is 70.8 Å². The molecular weight excluding hydrogens is 357 g/mol. The Hall–Kier alpha value is -1.03. The number of benzene rings is 1. The largest absolute Gasteiger partial charge is 0.379 e. The molecule has 1 aromatic rings. The van der Waals surface area contributed by atoms with E-state index in [4.69, 9.17) is 4.74 Å². The van der Waals surface area contributed by atoms with Crippen LogP contribution in [0.5, 0.6) is 0 Å². The molecule has 2 saturated heterocycles. The molecule has 2 aliphatic rings. The van der Waals surface area contributed by atoms with Crippen molar-refractivity contribution in [3.05, 3.63) is 29.6 Å². The number of ether oxygens (including phenoxy) is 1. The fourth-order valence-corrected chi connectivity index (χ4v) is 8.32. The topological polar surface area (TPSA) is 80.8 Å². The van der Waals surface area contributed by atoms with Crippen molar-refractivity contribution in [1.29, 1.82) is 0 Å². The van der Waals surface area contributed by atoms with E-state index in [1.165, 1.54) is 12.1 Å². The fourth-order valence-electron chi connectivity index (χ4n) is 3.33. The Bertz CT molecular complexity index is 831. The SMILES string of the molecule is Cc1ccc(F)c(S(=O)(=O)[C@H]2CS(=O)(=O)C[C@@H]2N2CCOCC2)c1. The van der Waals surface area contributed by atoms with Crippen LogP contribution in [0, 0.1) is 12.7 Å². The van der Waals surface area contributed by atoms with Gasteiger partial charge in [-0.3, -0.25) is 4.90 Å². The summed E-state index contributed by atoms with van der Waals surface area (Å²) < 4.78 is 69.6. The molecule has 0 unspecified atom stereocenters. The Morgan fingerprint density at radius 1 is 1.21 bits per heavy atom. The third-order valence-corrected chi connectivity index (χ3v) is 8.71. The lowest BCUT2D eigenvalue weighted by Gasteiger charge is -2.34. The van der Waals surface area contributed by atoms with E-state index in [0.717, 1.165) is 6.07 Å². The maximum absolute atomic E-state index is 14.1. The van der Waals surface area contributed by atoms with Crippen molar-refractivity contribution in [2.75, 3.05) is 37.8 Å². The first kappa shape index (κ1) is 17.8. The van der Waals surface area contributed by atoms with Gasteiger partial charge in [-0.2, -0.15) is 0 Å². The summed E-state index contributed by atoms with van der Waals surface area (Å²) in [5.74, 6) is -1.53. The van der Waals surface area contributed by atoms with Crippen molar-refractivity contribution in [1.82, 2.24) is 4.90 Å². The Balaban J connectivity index is 2.02. The summed E-state index contributed by atoms with van der Waals surface area (Å²) in [5.41, 5.74) is 0.610. The highest BCUT2D eigenvalue weighted by atomic mass is 32.2. The smallest absolute Gasteiger partial charge is 0.186 e. The monoisotopic (exact) mass is 377 g/mol. The number of morpholine rings is 1. The molecule has 2 aliphatic heterocycles. The maximum atomic E-state index is 14.1. The quantitative estimate of drug-likeness (QED) is 0.759. The van der Waals surface area contributed by atoms with Crippen molar-refractivity contribution in [3.8, 4) is 0 Å². The molecule has 24 heavy (non-hydrogen) atoms. The Kier molecular flexibility index (Phi) is 4.71. The van der Waals surface area contributed by atoms with Gasteiger partial charge in [-0.05, 0) is 24.6 Å². The second-order valence-corrected chi connectivity index (χ2v) is 10.6. The molecule has 9 heteroatoms. The number of nitrogens with zero attached hydrogens (tertiary/aromatic N) is 1. The molecule has 6 nitrogen and oxygen atoms in total. The van der Waals surface area contributed by atoms with Crippen LogP contribution >= 0.6 is 0 Å². The number of hydrogen-bond acceptors (Lipinski definition) is 6. The summed E-state index contributed by atoms with van der Waals surface area (Å²) in [6.07, 6.45) is 0. The first-order chi connectivity index (χ1) is 11.2. The van der Waals surface area contributed by atoms with Crippen molar-refractivity contribution >= 4 is 19.7 Å². The van der Waals surface area contributed by atoms with E-state index < -0.39 is 47.4 Å². The lowest BCUT2D eigenvalue weighted by Crippen LogP contribution is -2.50. The molecule has 0 aromatic heterocycles. The third-order valence-electron chi connectivity index (χ3n) is 4.58. The zero-order valence-corrected chi connectivity index (χ0v) is 14.9. The van der Waals surface area contributed by atoms with E-state index in [2.05, 4.69) is 0 Å². The van der Waals surface area contributed by atoms with Crippen LogP contribution in [0.4, 0.5) is 4.39 Å². The minimum Gasteiger partial charge on any atom is -0.379 e. The van der Waals surface area contributed by atoms with E-state index in [9.17, 15) is 21.2 Å². The minimum atomic E-state index is -4.10. The van der Waals surface area contributed by atoms with Gasteiger partial charge < -0.3 is 4.74 Å². The number of sulfone groups is 2. The average molecular weight is 377 g/mol. The zero-order chi connectivity index (χ0) is 17.5. The van der Waals surface area contributed by atoms with Crippen LogP contribution in [0.3, 0.4) is 0 Å². The lowest BCUT2D eigenvalue weighted by atomic mass is 10.2. The van der Waals surface area contributed by atoms with Crippen molar-refractivity contribution < 1.29 is 26.0 Å². The Morgan fingerprint density at radius 3 is 2.54 bits per heavy atom. The highest BCUT2D eigenvalue weighted by molar-refractivity contribution is 7.96. The molecule has 0 spiro atoms. The summed E-state index contributed by atoms with van der Waals surface area (Å²) in [5, 5.41) is -1.16. The van der Waals surface area contributed by atoms with Crippen molar-refractivity contribution in [3.63, 3.8) is 0 Å². The predicted octanol–water partition coefficient (Wildman–Crippen LogP) is 0.406. The number of rotatable bonds is 3. The molecule has 0 bridgehead atoms. The minimum absolute atomic E-state index is 0.218. The van der Waals surface area contributed by atoms with Gasteiger partial charge in [-0.15, -0.1) is 0 Å². The normalized spacial score (nSPS) is 28.1. The van der Waals surface area contributed by atoms with Crippen molar-refractivity contribution in [2.45, 2.75) is 23.1 Å². The summed E-state index contributed by atoms with van der Waals surface area (Å²) in [4.78, 5) is 1.42. The van der Waals surface area contributed by atoms with Gasteiger partial charge in [0.1, 0.15) is 10.7 Å². The first-order valence-corrected chi connectivity index (χ1v) is 11.1. The van der Waals surface area contributed by atoms with Gasteiger partial charge in [-0.1, -0.05) is 6.07 Å². The summed E-state index contributed by atoms with van der Waals surface area (Å²) in [7, 11) is -7.59. The van der Waals surface area contributed by atoms with Crippen LogP contribution in [0.25, 0.3) is 0 Å². The van der Waals surface area contributed by atoms with Gasteiger partial charge in [-0.25, -0.2) is 21.2 Å². The van der Waals surface area contributed by atoms with Crippen molar-refractivity contribution in [2.24, 2.45) is 0 Å². The number of halogens is 1. The van der Waals surface area contributed by atoms with Gasteiger partial charge in [0, 0.05) is 19.1 Å². The van der Waals surface area contributed by atoms with Gasteiger partial charge >= 0.3 is 0 Å². The van der Waals surface area contributed by atoms with E-state index in [0.29, 0.717) is 31.9 Å². The van der Waals surface area contributed by atoms with E-state index in [1.807, 2.05) is 4.90 Å². The lowest BCUT2D eigenvalue weighted by molar-refractivity contribution is 0.0222. The summed E-state index contributed by atoms with van der Waals surface area (Å²) >= 11 is 0. The molecule has 0 N–H and O–H groups in total. The van der Waals surface area contributed by atoms with Gasteiger partial charge in [0.25, 0.3) is 0 Å². The van der Waals surface area contributed by atoms with Crippen LogP contribution < -0.4 is 0 Å². The fraction of sp³-hybridized carbons (Fsp3) is 0.600. The van der Waals surface area contributed by atoms with E-state index >= 15 is 0 Å². The van der Waals surface area contributed by atoms with Gasteiger partial charge in [0.15, 0.2) is 19.7 Å². The molecule has 0 amide bonds. The van der Waals surface area contributed by atoms with Gasteiger partial charge in [0.05, 0.1) is 30.0 Å². The second-order valence-electron chi connectivity index (χ2n) is 6.31. The molecule has 2 fully saturated rings. The van der Waals surface area contributed by atoms with Crippen LogP contribution in [-0.2, 0) is 24.4 Å². The molecule has 134 valence electrons. The molecular formula is C15H20FNO5S2. The maximum Gasteiger partial charge on any atom is 0.186 e. The summed E-state index contributed by atoms with van der Waals surface area (Å²) in [6, 6.07) is 3.20. The molecule has 0 radical (unpaired) electrons. The van der Waals surface area contributed by atoms with E-state index in [-0.39, 0.29) is 5.75 Å². The Morgan fingerprint density at radius 2 is 1.88 bits per heavy atom. The molecule has 2 atom stereocenters. The molecule has 1 aromatic carbocycles. The molecule has 0 aliphatic carbocycles. The predicted molar refractivity (Wildman–Crippen MR) is 86.9 cm³/mol. The van der Waals surface area contributed by atoms with Crippen LogP contribution in [0.15, 0.2) is 23.1 Å². The van der Waals surface area contributed by atoms with Gasteiger partial charge in [0.2, 0.25) is 0 Å². The first-order valence-electron chi connectivity index (χ1n) is 7.73. The highest BCUT2D eigenvalue weighted by Gasteiger charge is 2.49. The third kappa shape index (κ3) is 3.35. The second kappa shape index (κ2) is 6.36. The molecule has 0 saturated carbocycles. The van der Waals surface area contributed by atoms with Crippen LogP contribution in [0.2, 0.25) is 0 Å². The number of aryl methyl sites for hydroxylation is 1. The zero-order valence-electron chi connectivity index (χ0n) is 13.3. The molecule has 3 rings (SSSR count). The summed E-state index contributed by atoms with van der Waals surface area (Å²) in [6.45, 7) is 3.48. The molecule has 2 heterocycles. The van der Waals surface area contributed by atoms with E-state index in [1.54, 1.807) is 6.92 Å². The standard InChI is InChI=1S/C15H20FNO5S2/c1-11-2-3-12(16)14(8-11)24(20,21)15-10-23(18,19)9-13(15)17-4-6-22-7-5-17/h2-3,8,13,15H,4-7,9-10H2,1H3/t13-,15-/m0/s1.